The Hall–Kier alpha value is -3.37. The van der Waals surface area contributed by atoms with Crippen molar-refractivity contribution in [3.8, 4) is 5.75 Å². The van der Waals surface area contributed by atoms with Crippen LogP contribution in [0.5, 0.6) is 5.75 Å². The van der Waals surface area contributed by atoms with Gasteiger partial charge < -0.3 is 14.8 Å². The molecule has 0 radical (unpaired) electrons. The van der Waals surface area contributed by atoms with Crippen LogP contribution in [0, 0.1) is 10.1 Å². The second kappa shape index (κ2) is 10.4. The molecule has 1 saturated heterocycles. The number of non-ortho nitro benzene ring substituents is 1. The Labute approximate surface area is 178 Å². The molecule has 3 rings (SSSR count). The van der Waals surface area contributed by atoms with Gasteiger partial charge in [-0.1, -0.05) is 6.07 Å². The third kappa shape index (κ3) is 6.33. The summed E-state index contributed by atoms with van der Waals surface area (Å²) in [4.78, 5) is 22.4. The van der Waals surface area contributed by atoms with E-state index in [0.717, 1.165) is 25.0 Å². The van der Waals surface area contributed by atoms with Crippen LogP contribution in [0.15, 0.2) is 53.6 Å². The Morgan fingerprint density at radius 2 is 2.13 bits per heavy atom. The monoisotopic (exact) mass is 428 g/mol. The smallest absolute Gasteiger partial charge is 0.343 e. The maximum Gasteiger partial charge on any atom is 0.343 e. The van der Waals surface area contributed by atoms with E-state index in [4.69, 9.17) is 21.7 Å². The number of esters is 1. The molecule has 1 aliphatic heterocycles. The third-order valence-corrected chi connectivity index (χ3v) is 4.51. The number of carbonyl (C=O) groups excluding carboxylic acids is 1. The summed E-state index contributed by atoms with van der Waals surface area (Å²) in [5.74, 6) is -0.366. The van der Waals surface area contributed by atoms with Crippen molar-refractivity contribution < 1.29 is 19.2 Å². The van der Waals surface area contributed by atoms with Crippen LogP contribution in [0.4, 0.5) is 5.69 Å². The summed E-state index contributed by atoms with van der Waals surface area (Å²) in [6.45, 7) is 1.44. The van der Waals surface area contributed by atoms with E-state index in [0.29, 0.717) is 17.4 Å². The van der Waals surface area contributed by atoms with Crippen LogP contribution in [0.1, 0.15) is 28.8 Å². The summed E-state index contributed by atoms with van der Waals surface area (Å²) in [6, 6.07) is 12.0. The first-order valence-corrected chi connectivity index (χ1v) is 9.67. The van der Waals surface area contributed by atoms with Gasteiger partial charge in [-0.05, 0) is 61.0 Å². The van der Waals surface area contributed by atoms with E-state index in [2.05, 4.69) is 15.8 Å². The highest BCUT2D eigenvalue weighted by Crippen LogP contribution is 2.17. The molecule has 1 heterocycles. The van der Waals surface area contributed by atoms with Crippen molar-refractivity contribution in [3.05, 3.63) is 69.8 Å². The number of rotatable bonds is 7. The van der Waals surface area contributed by atoms with Crippen molar-refractivity contribution in [2.45, 2.75) is 18.9 Å². The van der Waals surface area contributed by atoms with E-state index >= 15 is 0 Å². The van der Waals surface area contributed by atoms with E-state index in [-0.39, 0.29) is 17.4 Å². The Morgan fingerprint density at radius 3 is 2.83 bits per heavy atom. The molecule has 0 unspecified atom stereocenters. The first kappa shape index (κ1) is 21.3. The second-order valence-corrected chi connectivity index (χ2v) is 6.89. The lowest BCUT2D eigenvalue weighted by Crippen LogP contribution is -2.37. The van der Waals surface area contributed by atoms with Gasteiger partial charge in [0, 0.05) is 25.3 Å². The number of hydrogen-bond acceptors (Lipinski definition) is 7. The van der Waals surface area contributed by atoms with Gasteiger partial charge in [-0.2, -0.15) is 5.10 Å². The number of hydrogen-bond donors (Lipinski definition) is 2. The minimum Gasteiger partial charge on any atom is -0.423 e. The largest absolute Gasteiger partial charge is 0.423 e. The van der Waals surface area contributed by atoms with Crippen molar-refractivity contribution >= 4 is 35.2 Å². The van der Waals surface area contributed by atoms with Gasteiger partial charge in [0.05, 0.1) is 22.8 Å². The topological polar surface area (TPSA) is 115 Å². The lowest BCUT2D eigenvalue weighted by molar-refractivity contribution is -0.384. The molecule has 0 aliphatic carbocycles. The van der Waals surface area contributed by atoms with Crippen LogP contribution >= 0.6 is 12.2 Å². The highest BCUT2D eigenvalue weighted by molar-refractivity contribution is 7.80. The molecule has 2 N–H and O–H groups in total. The van der Waals surface area contributed by atoms with Crippen molar-refractivity contribution in [2.24, 2.45) is 5.10 Å². The predicted octanol–water partition coefficient (Wildman–Crippen LogP) is 2.79. The van der Waals surface area contributed by atoms with Crippen LogP contribution in [0.25, 0.3) is 0 Å². The normalized spacial score (nSPS) is 15.7. The standard InChI is InChI=1S/C20H20N4O5S/c25-19(15-3-1-4-16(11-15)24(26)27)29-17-8-6-14(7-9-17)12-22-23-20(30)21-13-18-5-2-10-28-18/h1,3-4,6-9,11-12,18H,2,5,10,13H2,(H2,21,23,30)/b22-12-/t18-/m1/s1. The molecule has 156 valence electrons. The fourth-order valence-corrected chi connectivity index (χ4v) is 2.89. The zero-order chi connectivity index (χ0) is 21.3. The number of carbonyl (C=O) groups is 1. The first-order valence-electron chi connectivity index (χ1n) is 9.26. The molecule has 10 heteroatoms. The van der Waals surface area contributed by atoms with Crippen LogP contribution in [-0.4, -0.2) is 41.5 Å². The summed E-state index contributed by atoms with van der Waals surface area (Å²) in [5.41, 5.74) is 3.42. The third-order valence-electron chi connectivity index (χ3n) is 4.28. The van der Waals surface area contributed by atoms with Crippen LogP contribution in [0.3, 0.4) is 0 Å². The molecule has 1 aliphatic rings. The maximum absolute atomic E-state index is 12.2. The minimum atomic E-state index is -0.676. The van der Waals surface area contributed by atoms with Gasteiger partial charge in [-0.15, -0.1) is 0 Å². The van der Waals surface area contributed by atoms with Gasteiger partial charge >= 0.3 is 5.97 Å². The molecule has 2 aromatic rings. The number of nitrogens with zero attached hydrogens (tertiary/aromatic N) is 2. The van der Waals surface area contributed by atoms with Crippen molar-refractivity contribution in [2.75, 3.05) is 13.2 Å². The van der Waals surface area contributed by atoms with E-state index in [1.165, 1.54) is 24.3 Å². The zero-order valence-electron chi connectivity index (χ0n) is 15.9. The summed E-state index contributed by atoms with van der Waals surface area (Å²) in [5, 5.41) is 18.3. The van der Waals surface area contributed by atoms with Gasteiger partial charge in [0.1, 0.15) is 5.75 Å². The SMILES string of the molecule is O=C(Oc1ccc(/C=N\NC(=S)NC[C@H]2CCCO2)cc1)c1cccc([N+](=O)[O-])c1. The molecule has 2 aromatic carbocycles. The molecule has 0 spiro atoms. The first-order chi connectivity index (χ1) is 14.5. The number of nitrogens with one attached hydrogen (secondary N) is 2. The molecule has 0 saturated carbocycles. The lowest BCUT2D eigenvalue weighted by Gasteiger charge is -2.11. The highest BCUT2D eigenvalue weighted by Gasteiger charge is 2.15. The van der Waals surface area contributed by atoms with Crippen molar-refractivity contribution in [1.29, 1.82) is 0 Å². The van der Waals surface area contributed by atoms with Crippen LogP contribution < -0.4 is 15.5 Å². The number of benzene rings is 2. The molecule has 0 aromatic heterocycles. The van der Waals surface area contributed by atoms with Crippen LogP contribution in [-0.2, 0) is 4.74 Å². The van der Waals surface area contributed by atoms with Crippen LogP contribution in [0.2, 0.25) is 0 Å². The molecule has 1 fully saturated rings. The molecule has 0 amide bonds. The van der Waals surface area contributed by atoms with E-state index in [1.54, 1.807) is 30.5 Å². The summed E-state index contributed by atoms with van der Waals surface area (Å²) >= 11 is 5.15. The van der Waals surface area contributed by atoms with E-state index < -0.39 is 10.9 Å². The fourth-order valence-electron chi connectivity index (χ4n) is 2.75. The lowest BCUT2D eigenvalue weighted by atomic mass is 10.2. The Balaban J connectivity index is 1.47. The maximum atomic E-state index is 12.2. The number of nitro benzene ring substituents is 1. The molecule has 30 heavy (non-hydrogen) atoms. The Kier molecular flexibility index (Phi) is 7.41. The fraction of sp³-hybridized carbons (Fsp3) is 0.250. The molecular formula is C20H20N4O5S. The minimum absolute atomic E-state index is 0.100. The van der Waals surface area contributed by atoms with Gasteiger partial charge in [0.25, 0.3) is 5.69 Å². The van der Waals surface area contributed by atoms with E-state index in [1.807, 2.05) is 0 Å². The van der Waals surface area contributed by atoms with Gasteiger partial charge in [0.15, 0.2) is 5.11 Å². The quantitative estimate of drug-likeness (QED) is 0.173. The zero-order valence-corrected chi connectivity index (χ0v) is 16.8. The summed E-state index contributed by atoms with van der Waals surface area (Å²) < 4.78 is 10.8. The van der Waals surface area contributed by atoms with Crippen molar-refractivity contribution in [1.82, 2.24) is 10.7 Å². The number of thiocarbonyl (C=S) groups is 1. The van der Waals surface area contributed by atoms with Crippen molar-refractivity contribution in [3.63, 3.8) is 0 Å². The predicted molar refractivity (Wildman–Crippen MR) is 115 cm³/mol. The van der Waals surface area contributed by atoms with E-state index in [9.17, 15) is 14.9 Å². The number of hydrazone groups is 1. The summed E-state index contributed by atoms with van der Waals surface area (Å²) in [6.07, 6.45) is 3.86. The second-order valence-electron chi connectivity index (χ2n) is 6.48. The molecule has 1 atom stereocenters. The van der Waals surface area contributed by atoms with Gasteiger partial charge in [0.2, 0.25) is 0 Å². The summed E-state index contributed by atoms with van der Waals surface area (Å²) in [7, 11) is 0. The van der Waals surface area contributed by atoms with Gasteiger partial charge in [-0.25, -0.2) is 4.79 Å². The number of ether oxygens (including phenoxy) is 2. The average Bonchev–Trinajstić information content (AvgIpc) is 3.27. The molecule has 9 nitrogen and oxygen atoms in total. The molecule has 0 bridgehead atoms. The van der Waals surface area contributed by atoms with Gasteiger partial charge in [-0.3, -0.25) is 15.5 Å². The number of nitro groups is 1. The highest BCUT2D eigenvalue weighted by atomic mass is 32.1. The average molecular weight is 428 g/mol. The Bertz CT molecular complexity index is 942. The Morgan fingerprint density at radius 1 is 1.33 bits per heavy atom. The molecular weight excluding hydrogens is 408 g/mol.